The number of amides is 1. The molecule has 2 saturated heterocycles. The van der Waals surface area contributed by atoms with Crippen LogP contribution in [0.1, 0.15) is 57.6 Å². The highest BCUT2D eigenvalue weighted by molar-refractivity contribution is 5.81. The van der Waals surface area contributed by atoms with Crippen molar-refractivity contribution < 1.29 is 14.3 Å². The van der Waals surface area contributed by atoms with Gasteiger partial charge in [-0.2, -0.15) is 10.5 Å². The van der Waals surface area contributed by atoms with Crippen molar-refractivity contribution >= 4 is 17.4 Å². The standard InChI is InChI=1S/C13H14N2.C10H17NO3.C8H7N/c14-10-13(11-4-2-1-3-5-11)12-6-8-15-9-7-12;1-10(2,3)14-9(13)11-6-4-8(12)5-7-11;9-7-6-8-4-2-1-3-5-8/h1-5,15H,6-9H2;4-7H2,1-3H3;1-5H,6H2. The topological polar surface area (TPSA) is 106 Å². The van der Waals surface area contributed by atoms with Crippen LogP contribution in [0.25, 0.3) is 5.57 Å². The van der Waals surface area contributed by atoms with Gasteiger partial charge in [-0.15, -0.1) is 0 Å². The molecule has 0 spiro atoms. The normalized spacial score (nSPS) is 14.9. The first-order valence-corrected chi connectivity index (χ1v) is 13.0. The van der Waals surface area contributed by atoms with Crippen molar-refractivity contribution in [1.29, 1.82) is 10.5 Å². The molecule has 38 heavy (non-hydrogen) atoms. The highest BCUT2D eigenvalue weighted by Gasteiger charge is 2.25. The monoisotopic (exact) mass is 514 g/mol. The van der Waals surface area contributed by atoms with E-state index in [0.29, 0.717) is 32.4 Å². The van der Waals surface area contributed by atoms with E-state index in [1.807, 2.05) is 81.4 Å². The minimum absolute atomic E-state index is 0.227. The first-order chi connectivity index (χ1) is 18.2. The Kier molecular flexibility index (Phi) is 12.8. The van der Waals surface area contributed by atoms with Crippen LogP contribution < -0.4 is 5.32 Å². The molecule has 1 N–H and O–H groups in total. The predicted octanol–water partition coefficient (Wildman–Crippen LogP) is 5.69. The highest BCUT2D eigenvalue weighted by atomic mass is 16.6. The van der Waals surface area contributed by atoms with E-state index in [2.05, 4.69) is 17.5 Å². The van der Waals surface area contributed by atoms with Gasteiger partial charge in [-0.05, 0) is 63.4 Å². The lowest BCUT2D eigenvalue weighted by Crippen LogP contribution is -2.41. The first kappa shape index (κ1) is 30.3. The van der Waals surface area contributed by atoms with Crippen molar-refractivity contribution in [3.63, 3.8) is 0 Å². The van der Waals surface area contributed by atoms with E-state index in [0.717, 1.165) is 42.6 Å². The van der Waals surface area contributed by atoms with Crippen molar-refractivity contribution in [2.75, 3.05) is 26.2 Å². The largest absolute Gasteiger partial charge is 0.444 e. The Morgan fingerprint density at radius 1 is 0.921 bits per heavy atom. The van der Waals surface area contributed by atoms with Gasteiger partial charge in [0.25, 0.3) is 0 Å². The summed E-state index contributed by atoms with van der Waals surface area (Å²) >= 11 is 0. The summed E-state index contributed by atoms with van der Waals surface area (Å²) in [5.74, 6) is 0.227. The fourth-order valence-corrected chi connectivity index (χ4v) is 3.88. The molecule has 2 aliphatic rings. The van der Waals surface area contributed by atoms with Crippen LogP contribution in [0.15, 0.2) is 66.2 Å². The number of rotatable bonds is 2. The number of hydrogen-bond donors (Lipinski definition) is 1. The number of nitrogens with zero attached hydrogens (tertiary/aromatic N) is 3. The number of Topliss-reactive ketones (excluding diaryl/α,β-unsaturated/α-hetero) is 1. The molecular formula is C31H38N4O3. The molecule has 2 fully saturated rings. The lowest BCUT2D eigenvalue weighted by Gasteiger charge is -2.29. The third kappa shape index (κ3) is 11.4. The lowest BCUT2D eigenvalue weighted by atomic mass is 9.95. The Morgan fingerprint density at radius 2 is 1.47 bits per heavy atom. The molecule has 0 unspecified atom stereocenters. The van der Waals surface area contributed by atoms with Crippen LogP contribution in [0, 0.1) is 22.7 Å². The van der Waals surface area contributed by atoms with Crippen molar-refractivity contribution in [2.24, 2.45) is 0 Å². The summed E-state index contributed by atoms with van der Waals surface area (Å²) in [6.07, 6.45) is 3.11. The minimum Gasteiger partial charge on any atom is -0.444 e. The van der Waals surface area contributed by atoms with Gasteiger partial charge in [-0.1, -0.05) is 60.7 Å². The average Bonchev–Trinajstić information content (AvgIpc) is 2.91. The lowest BCUT2D eigenvalue weighted by molar-refractivity contribution is -0.121. The van der Waals surface area contributed by atoms with E-state index in [-0.39, 0.29) is 11.9 Å². The zero-order valence-corrected chi connectivity index (χ0v) is 22.7. The smallest absolute Gasteiger partial charge is 0.410 e. The summed E-state index contributed by atoms with van der Waals surface area (Å²) in [5.41, 5.74) is 3.84. The summed E-state index contributed by atoms with van der Waals surface area (Å²) in [4.78, 5) is 24.0. The molecule has 2 aromatic carbocycles. The average molecular weight is 515 g/mol. The van der Waals surface area contributed by atoms with E-state index < -0.39 is 5.60 Å². The third-order valence-electron chi connectivity index (χ3n) is 5.83. The van der Waals surface area contributed by atoms with Crippen LogP contribution in [0.4, 0.5) is 4.79 Å². The van der Waals surface area contributed by atoms with Crippen LogP contribution in [0.3, 0.4) is 0 Å². The van der Waals surface area contributed by atoms with Gasteiger partial charge in [-0.25, -0.2) is 4.79 Å². The van der Waals surface area contributed by atoms with E-state index >= 15 is 0 Å². The summed E-state index contributed by atoms with van der Waals surface area (Å²) in [5, 5.41) is 20.8. The van der Waals surface area contributed by atoms with Crippen molar-refractivity contribution in [2.45, 2.75) is 58.5 Å². The van der Waals surface area contributed by atoms with Gasteiger partial charge in [0.05, 0.1) is 24.1 Å². The SMILES string of the molecule is CC(C)(C)OC(=O)N1CCC(=O)CC1.N#CC(=C1CCNCC1)c1ccccc1.N#CCc1ccccc1. The second-order valence-corrected chi connectivity index (χ2v) is 10.0. The molecule has 1 amide bonds. The Balaban J connectivity index is 0.000000207. The first-order valence-electron chi connectivity index (χ1n) is 13.0. The molecule has 0 radical (unpaired) electrons. The third-order valence-corrected chi connectivity index (χ3v) is 5.83. The van der Waals surface area contributed by atoms with Gasteiger partial charge < -0.3 is 15.0 Å². The summed E-state index contributed by atoms with van der Waals surface area (Å²) in [6, 6.07) is 24.1. The summed E-state index contributed by atoms with van der Waals surface area (Å²) in [6.45, 7) is 8.47. The number of benzene rings is 2. The van der Waals surface area contributed by atoms with Crippen LogP contribution >= 0.6 is 0 Å². The zero-order valence-electron chi connectivity index (χ0n) is 22.7. The maximum absolute atomic E-state index is 11.5. The van der Waals surface area contributed by atoms with Gasteiger partial charge in [0.15, 0.2) is 0 Å². The number of allylic oxidation sites excluding steroid dienone is 1. The van der Waals surface area contributed by atoms with Crippen molar-refractivity contribution in [3.05, 3.63) is 77.4 Å². The molecule has 0 saturated carbocycles. The van der Waals surface area contributed by atoms with E-state index in [9.17, 15) is 14.9 Å². The number of nitriles is 2. The molecule has 7 heteroatoms. The fourth-order valence-electron chi connectivity index (χ4n) is 3.88. The summed E-state index contributed by atoms with van der Waals surface area (Å²) in [7, 11) is 0. The molecule has 0 aromatic heterocycles. The minimum atomic E-state index is -0.460. The number of carbonyl (C=O) groups excluding carboxylic acids is 2. The Morgan fingerprint density at radius 3 is 1.97 bits per heavy atom. The molecular weight excluding hydrogens is 476 g/mol. The van der Waals surface area contributed by atoms with Crippen LogP contribution in [0.5, 0.6) is 0 Å². The molecule has 2 aromatic rings. The second-order valence-electron chi connectivity index (χ2n) is 10.0. The highest BCUT2D eigenvalue weighted by Crippen LogP contribution is 2.23. The maximum atomic E-state index is 11.5. The Hall–Kier alpha value is -3.94. The molecule has 0 bridgehead atoms. The molecule has 0 atom stereocenters. The molecule has 0 aliphatic carbocycles. The van der Waals surface area contributed by atoms with Crippen LogP contribution in [-0.2, 0) is 16.0 Å². The van der Waals surface area contributed by atoms with Crippen molar-refractivity contribution in [3.8, 4) is 12.1 Å². The van der Waals surface area contributed by atoms with E-state index in [4.69, 9.17) is 10.00 Å². The maximum Gasteiger partial charge on any atom is 0.410 e. The van der Waals surface area contributed by atoms with Gasteiger partial charge in [0.1, 0.15) is 11.4 Å². The van der Waals surface area contributed by atoms with E-state index in [1.54, 1.807) is 4.90 Å². The number of nitrogens with one attached hydrogen (secondary N) is 1. The Bertz CT molecular complexity index is 1120. The van der Waals surface area contributed by atoms with Crippen LogP contribution in [-0.4, -0.2) is 48.6 Å². The molecule has 2 aliphatic heterocycles. The molecule has 4 rings (SSSR count). The number of ketones is 1. The van der Waals surface area contributed by atoms with Gasteiger partial charge in [0.2, 0.25) is 0 Å². The number of hydrogen-bond acceptors (Lipinski definition) is 6. The fraction of sp³-hybridized carbons (Fsp3) is 0.419. The summed E-state index contributed by atoms with van der Waals surface area (Å²) < 4.78 is 5.19. The van der Waals surface area contributed by atoms with Crippen molar-refractivity contribution in [1.82, 2.24) is 10.2 Å². The number of ether oxygens (including phenoxy) is 1. The second kappa shape index (κ2) is 16.0. The van der Waals surface area contributed by atoms with E-state index in [1.165, 1.54) is 5.57 Å². The number of carbonyl (C=O) groups is 2. The molecule has 200 valence electrons. The molecule has 2 heterocycles. The quantitative estimate of drug-likeness (QED) is 0.516. The van der Waals surface area contributed by atoms with Gasteiger partial charge >= 0.3 is 6.09 Å². The molecule has 7 nitrogen and oxygen atoms in total. The Labute approximate surface area is 226 Å². The number of piperidine rings is 2. The van der Waals surface area contributed by atoms with Gasteiger partial charge in [0, 0.05) is 25.9 Å². The van der Waals surface area contributed by atoms with Gasteiger partial charge in [-0.3, -0.25) is 4.79 Å². The zero-order chi connectivity index (χ0) is 27.8. The number of likely N-dealkylation sites (tertiary alicyclic amines) is 1. The van der Waals surface area contributed by atoms with Crippen LogP contribution in [0.2, 0.25) is 0 Å². The predicted molar refractivity (Wildman–Crippen MR) is 149 cm³/mol.